The van der Waals surface area contributed by atoms with E-state index in [1.807, 2.05) is 0 Å². The van der Waals surface area contributed by atoms with Gasteiger partial charge in [-0.2, -0.15) is 4.31 Å². The lowest BCUT2D eigenvalue weighted by molar-refractivity contribution is 0.0994. The molecule has 0 spiro atoms. The molecule has 0 saturated carbocycles. The Morgan fingerprint density at radius 3 is 2.71 bits per heavy atom. The minimum atomic E-state index is -3.50. The van der Waals surface area contributed by atoms with Gasteiger partial charge in [0.05, 0.1) is 4.90 Å². The number of carbonyl (C=O) groups is 1. The van der Waals surface area contributed by atoms with Crippen molar-refractivity contribution in [2.24, 2.45) is 11.7 Å². The molecule has 1 saturated heterocycles. The van der Waals surface area contributed by atoms with E-state index in [0.717, 1.165) is 12.0 Å². The Labute approximate surface area is 131 Å². The van der Waals surface area contributed by atoms with Gasteiger partial charge in [-0.05, 0) is 43.0 Å². The number of hydrogen-bond donors (Lipinski definition) is 1. The molecule has 1 aliphatic carbocycles. The fraction of sp³-hybridized carbons (Fsp3) is 0.500. The monoisotopic (exact) mass is 330 g/mol. The minimum absolute atomic E-state index is 0. The molecule has 1 atom stereocenters. The van der Waals surface area contributed by atoms with Crippen molar-refractivity contribution in [3.8, 4) is 0 Å². The zero-order valence-corrected chi connectivity index (χ0v) is 13.3. The standard InChI is InChI=1S/C14H18N2O3S.ClH/c15-8-10-5-6-16(9-10)20(18,19)12-3-1-11-2-4-14(17)13(11)7-12;/h1,3,7,10H,2,4-6,8-9,15H2;1H. The minimum Gasteiger partial charge on any atom is -0.330 e. The summed E-state index contributed by atoms with van der Waals surface area (Å²) in [6.45, 7) is 1.49. The number of hydrogen-bond acceptors (Lipinski definition) is 4. The van der Waals surface area contributed by atoms with E-state index < -0.39 is 10.0 Å². The molecule has 1 heterocycles. The van der Waals surface area contributed by atoms with Crippen LogP contribution in [0.15, 0.2) is 23.1 Å². The van der Waals surface area contributed by atoms with Gasteiger partial charge in [0.25, 0.3) is 0 Å². The predicted octanol–water partition coefficient (Wildman–Crippen LogP) is 1.21. The number of carbonyl (C=O) groups excluding carboxylic acids is 1. The maximum atomic E-state index is 12.6. The maximum Gasteiger partial charge on any atom is 0.243 e. The van der Waals surface area contributed by atoms with Crippen molar-refractivity contribution >= 4 is 28.2 Å². The summed E-state index contributed by atoms with van der Waals surface area (Å²) in [4.78, 5) is 12.0. The van der Waals surface area contributed by atoms with E-state index in [9.17, 15) is 13.2 Å². The molecule has 116 valence electrons. The first-order chi connectivity index (χ1) is 9.52. The van der Waals surface area contributed by atoms with E-state index >= 15 is 0 Å². The molecular weight excluding hydrogens is 312 g/mol. The molecule has 1 fully saturated rings. The fourth-order valence-electron chi connectivity index (χ4n) is 2.93. The second-order valence-corrected chi connectivity index (χ2v) is 7.43. The van der Waals surface area contributed by atoms with E-state index in [0.29, 0.717) is 38.0 Å². The van der Waals surface area contributed by atoms with E-state index in [1.165, 1.54) is 10.4 Å². The lowest BCUT2D eigenvalue weighted by Gasteiger charge is -2.17. The van der Waals surface area contributed by atoms with Gasteiger partial charge in [0.1, 0.15) is 0 Å². The van der Waals surface area contributed by atoms with Crippen LogP contribution in [-0.4, -0.2) is 38.1 Å². The van der Waals surface area contributed by atoms with Gasteiger partial charge in [0.2, 0.25) is 10.0 Å². The Morgan fingerprint density at radius 2 is 2.05 bits per heavy atom. The summed E-state index contributed by atoms with van der Waals surface area (Å²) in [7, 11) is -3.50. The summed E-state index contributed by atoms with van der Waals surface area (Å²) in [5, 5.41) is 0. The summed E-state index contributed by atoms with van der Waals surface area (Å²) in [6.07, 6.45) is 2.00. The SMILES string of the molecule is Cl.NCC1CCN(S(=O)(=O)c2ccc3c(c2)C(=O)CC3)C1. The molecule has 0 bridgehead atoms. The molecule has 0 radical (unpaired) electrons. The molecule has 3 rings (SSSR count). The molecule has 0 aromatic heterocycles. The van der Waals surface area contributed by atoms with Crippen LogP contribution in [0, 0.1) is 5.92 Å². The van der Waals surface area contributed by atoms with Gasteiger partial charge in [-0.25, -0.2) is 8.42 Å². The van der Waals surface area contributed by atoms with Gasteiger partial charge >= 0.3 is 0 Å². The fourth-order valence-corrected chi connectivity index (χ4v) is 4.49. The van der Waals surface area contributed by atoms with E-state index in [2.05, 4.69) is 0 Å². The average molecular weight is 331 g/mol. The van der Waals surface area contributed by atoms with Gasteiger partial charge < -0.3 is 5.73 Å². The van der Waals surface area contributed by atoms with Crippen LogP contribution in [0.2, 0.25) is 0 Å². The number of nitrogens with two attached hydrogens (primary N) is 1. The molecule has 1 unspecified atom stereocenters. The Morgan fingerprint density at radius 1 is 1.29 bits per heavy atom. The van der Waals surface area contributed by atoms with Crippen molar-refractivity contribution in [2.45, 2.75) is 24.2 Å². The number of halogens is 1. The van der Waals surface area contributed by atoms with Crippen LogP contribution in [-0.2, 0) is 16.4 Å². The second-order valence-electron chi connectivity index (χ2n) is 5.50. The van der Waals surface area contributed by atoms with Gasteiger partial charge in [0.15, 0.2) is 5.78 Å². The topological polar surface area (TPSA) is 80.5 Å². The average Bonchev–Trinajstić information content (AvgIpc) is 3.06. The third kappa shape index (κ3) is 2.85. The van der Waals surface area contributed by atoms with Crippen LogP contribution < -0.4 is 5.73 Å². The number of sulfonamides is 1. The quantitative estimate of drug-likeness (QED) is 0.903. The predicted molar refractivity (Wildman–Crippen MR) is 82.3 cm³/mol. The molecule has 1 aromatic rings. The Kier molecular flexibility index (Phi) is 4.72. The number of ketones is 1. The molecule has 7 heteroatoms. The smallest absolute Gasteiger partial charge is 0.243 e. The summed E-state index contributed by atoms with van der Waals surface area (Å²) in [5.41, 5.74) is 7.13. The maximum absolute atomic E-state index is 12.6. The van der Waals surface area contributed by atoms with Crippen LogP contribution in [0.1, 0.15) is 28.8 Å². The van der Waals surface area contributed by atoms with Gasteiger partial charge in [-0.15, -0.1) is 12.4 Å². The number of benzene rings is 1. The van der Waals surface area contributed by atoms with Gasteiger partial charge in [0, 0.05) is 25.1 Å². The molecule has 5 nitrogen and oxygen atoms in total. The largest absolute Gasteiger partial charge is 0.330 e. The highest BCUT2D eigenvalue weighted by atomic mass is 35.5. The number of aryl methyl sites for hydroxylation is 1. The lowest BCUT2D eigenvalue weighted by atomic mass is 10.1. The van der Waals surface area contributed by atoms with E-state index in [4.69, 9.17) is 5.73 Å². The summed E-state index contributed by atoms with van der Waals surface area (Å²) in [5.74, 6) is 0.277. The van der Waals surface area contributed by atoms with Crippen LogP contribution in [0.4, 0.5) is 0 Å². The molecular formula is C14H19ClN2O3S. The Bertz CT molecular complexity index is 660. The summed E-state index contributed by atoms with van der Waals surface area (Å²) >= 11 is 0. The molecule has 0 amide bonds. The molecule has 21 heavy (non-hydrogen) atoms. The zero-order chi connectivity index (χ0) is 14.3. The third-order valence-corrected chi connectivity index (χ3v) is 6.08. The molecule has 2 aliphatic rings. The Hall–Kier alpha value is -0.950. The van der Waals surface area contributed by atoms with Gasteiger partial charge in [-0.3, -0.25) is 4.79 Å². The zero-order valence-electron chi connectivity index (χ0n) is 11.6. The van der Waals surface area contributed by atoms with E-state index in [-0.39, 0.29) is 29.0 Å². The third-order valence-electron chi connectivity index (χ3n) is 4.22. The first kappa shape index (κ1) is 16.4. The number of fused-ring (bicyclic) bond motifs is 1. The van der Waals surface area contributed by atoms with Crippen LogP contribution in [0.25, 0.3) is 0 Å². The van der Waals surface area contributed by atoms with Crippen LogP contribution in [0.5, 0.6) is 0 Å². The van der Waals surface area contributed by atoms with Gasteiger partial charge in [-0.1, -0.05) is 6.07 Å². The van der Waals surface area contributed by atoms with Crippen LogP contribution >= 0.6 is 12.4 Å². The first-order valence-electron chi connectivity index (χ1n) is 6.88. The number of Topliss-reactive ketones (excluding diaryl/α,β-unsaturated/α-hetero) is 1. The normalized spacial score (nSPS) is 22.1. The lowest BCUT2D eigenvalue weighted by Crippen LogP contribution is -2.30. The number of rotatable bonds is 3. The van der Waals surface area contributed by atoms with Crippen molar-refractivity contribution < 1.29 is 13.2 Å². The highest BCUT2D eigenvalue weighted by Gasteiger charge is 2.33. The Balaban J connectivity index is 0.00000161. The molecule has 1 aromatic carbocycles. The first-order valence-corrected chi connectivity index (χ1v) is 8.32. The summed E-state index contributed by atoms with van der Waals surface area (Å²) in [6, 6.07) is 4.92. The van der Waals surface area contributed by atoms with Crippen LogP contribution in [0.3, 0.4) is 0 Å². The highest BCUT2D eigenvalue weighted by molar-refractivity contribution is 7.89. The number of nitrogens with zero attached hydrogens (tertiary/aromatic N) is 1. The summed E-state index contributed by atoms with van der Waals surface area (Å²) < 4.78 is 26.6. The van der Waals surface area contributed by atoms with Crippen molar-refractivity contribution in [3.05, 3.63) is 29.3 Å². The highest BCUT2D eigenvalue weighted by Crippen LogP contribution is 2.28. The second kappa shape index (κ2) is 6.04. The van der Waals surface area contributed by atoms with Crippen molar-refractivity contribution in [1.82, 2.24) is 4.31 Å². The molecule has 1 aliphatic heterocycles. The van der Waals surface area contributed by atoms with E-state index in [1.54, 1.807) is 12.1 Å². The van der Waals surface area contributed by atoms with Crippen molar-refractivity contribution in [1.29, 1.82) is 0 Å². The van der Waals surface area contributed by atoms with Crippen molar-refractivity contribution in [3.63, 3.8) is 0 Å². The molecule has 2 N–H and O–H groups in total. The van der Waals surface area contributed by atoms with Crippen molar-refractivity contribution in [2.75, 3.05) is 19.6 Å².